The Morgan fingerprint density at radius 1 is 0.595 bits per heavy atom. The first-order valence-electron chi connectivity index (χ1n) is 8.33. The van der Waals surface area contributed by atoms with Crippen molar-refractivity contribution in [3.05, 3.63) is 0 Å². The van der Waals surface area contributed by atoms with Crippen molar-refractivity contribution in [3.63, 3.8) is 0 Å². The van der Waals surface area contributed by atoms with Crippen LogP contribution in [-0.4, -0.2) is 73.1 Å². The van der Waals surface area contributed by atoms with Crippen LogP contribution in [0.15, 0.2) is 4.52 Å². The lowest BCUT2D eigenvalue weighted by Crippen LogP contribution is -2.36. The first kappa shape index (κ1) is 35.1. The van der Waals surface area contributed by atoms with Gasteiger partial charge in [-0.25, -0.2) is 0 Å². The van der Waals surface area contributed by atoms with Crippen LogP contribution in [0, 0.1) is 0 Å². The summed E-state index contributed by atoms with van der Waals surface area (Å²) >= 11 is 5.58. The van der Waals surface area contributed by atoms with Crippen LogP contribution in [-0.2, 0) is 23.2 Å². The standard InChI is InChI=1S/C10H10ClF15N3O5P3/c11-35-27-37(33-4-9(21,22)23,34-5-10(24,25)26)29(31-2-7(15,16)17)36(32-3-8(18,19)20)28(35)30-1-6(12,13)14/h1-5H2. The van der Waals surface area contributed by atoms with Gasteiger partial charge in [-0.3, -0.25) is 9.68 Å². The third-order valence-electron chi connectivity index (χ3n) is 2.66. The monoisotopic (exact) mass is 665 g/mol. The van der Waals surface area contributed by atoms with E-state index in [0.717, 1.165) is 0 Å². The molecular weight excluding hydrogens is 655 g/mol. The van der Waals surface area contributed by atoms with E-state index >= 15 is 0 Å². The minimum absolute atomic E-state index is 0.450. The molecule has 0 aromatic rings. The molecule has 2 unspecified atom stereocenters. The summed E-state index contributed by atoms with van der Waals surface area (Å²) in [5.41, 5.74) is 0. The number of hydrogen-bond donors (Lipinski definition) is 0. The van der Waals surface area contributed by atoms with E-state index in [9.17, 15) is 65.9 Å². The Morgan fingerprint density at radius 2 is 0.973 bits per heavy atom. The van der Waals surface area contributed by atoms with Crippen LogP contribution in [0.3, 0.4) is 0 Å². The van der Waals surface area contributed by atoms with E-state index in [4.69, 9.17) is 11.2 Å². The number of hydrogen-bond acceptors (Lipinski definition) is 8. The fourth-order valence-corrected chi connectivity index (χ4v) is 10.1. The predicted octanol–water partition coefficient (Wildman–Crippen LogP) is 7.97. The Hall–Kier alpha value is 0.0500. The molecule has 37 heavy (non-hydrogen) atoms. The Kier molecular flexibility index (Phi) is 12.0. The molecule has 0 N–H and O–H groups in total. The average molecular weight is 666 g/mol. The van der Waals surface area contributed by atoms with Gasteiger partial charge in [-0.2, -0.15) is 70.4 Å². The van der Waals surface area contributed by atoms with Crippen molar-refractivity contribution in [2.45, 2.75) is 30.9 Å². The zero-order chi connectivity index (χ0) is 29.1. The SMILES string of the molecule is FC(F)(F)CON1P(Cl)N=P(OCC(F)(F)F)(OCC(F)(F)F)N(OCC(F)(F)F)P1OCC(F)(F)F. The lowest BCUT2D eigenvalue weighted by molar-refractivity contribution is -0.224. The normalized spacial score (nSPS) is 22.8. The molecule has 0 aliphatic carbocycles. The highest BCUT2D eigenvalue weighted by Gasteiger charge is 2.55. The topological polar surface area (TPSA) is 65.0 Å². The molecule has 1 heterocycles. The summed E-state index contributed by atoms with van der Waals surface area (Å²) in [7, 11) is -13.4. The molecule has 27 heteroatoms. The van der Waals surface area contributed by atoms with Crippen molar-refractivity contribution >= 4 is 34.9 Å². The van der Waals surface area contributed by atoms with Gasteiger partial charge in [0.2, 0.25) is 7.58 Å². The van der Waals surface area contributed by atoms with Crippen LogP contribution < -0.4 is 0 Å². The summed E-state index contributed by atoms with van der Waals surface area (Å²) in [6.07, 6.45) is -27.0. The summed E-state index contributed by atoms with van der Waals surface area (Å²) in [5, 5.41) is 0. The summed E-state index contributed by atoms with van der Waals surface area (Å²) in [4.78, 5) is 8.14. The molecule has 1 rings (SSSR count). The van der Waals surface area contributed by atoms with Crippen molar-refractivity contribution in [2.75, 3.05) is 33.0 Å². The smallest absolute Gasteiger partial charge is 0.318 e. The van der Waals surface area contributed by atoms with E-state index < -0.39 is 96.8 Å². The fourth-order valence-electron chi connectivity index (χ4n) is 1.60. The van der Waals surface area contributed by atoms with Gasteiger partial charge >= 0.3 is 38.5 Å². The van der Waals surface area contributed by atoms with E-state index in [-0.39, 0.29) is 0 Å². The Labute approximate surface area is 202 Å². The first-order chi connectivity index (χ1) is 16.3. The number of rotatable bonds is 10. The zero-order valence-electron chi connectivity index (χ0n) is 16.8. The van der Waals surface area contributed by atoms with Gasteiger partial charge in [-0.15, -0.1) is 0 Å². The third kappa shape index (κ3) is 13.8. The maximum atomic E-state index is 12.8. The third-order valence-corrected chi connectivity index (χ3v) is 10.6. The molecule has 1 aliphatic heterocycles. The highest BCUT2D eigenvalue weighted by atomic mass is 35.7. The summed E-state index contributed by atoms with van der Waals surface area (Å²) in [6.45, 7) is -12.8. The second-order valence-corrected chi connectivity index (χ2v) is 12.5. The molecular formula is C10H10ClF15N3O5P3. The first-order valence-corrected chi connectivity index (χ1v) is 13.2. The van der Waals surface area contributed by atoms with Gasteiger partial charge in [-0.05, 0) is 15.8 Å². The van der Waals surface area contributed by atoms with Crippen LogP contribution in [0.5, 0.6) is 0 Å². The van der Waals surface area contributed by atoms with Gasteiger partial charge < -0.3 is 13.6 Å². The highest BCUT2D eigenvalue weighted by Crippen LogP contribution is 2.80. The quantitative estimate of drug-likeness (QED) is 0.173. The second-order valence-electron chi connectivity index (χ2n) is 6.02. The van der Waals surface area contributed by atoms with Crippen molar-refractivity contribution < 1.29 is 89.1 Å². The van der Waals surface area contributed by atoms with E-state index in [2.05, 4.69) is 27.8 Å². The van der Waals surface area contributed by atoms with Crippen molar-refractivity contribution in [1.82, 2.24) is 9.21 Å². The van der Waals surface area contributed by atoms with Crippen molar-refractivity contribution in [3.8, 4) is 0 Å². The molecule has 8 nitrogen and oxygen atoms in total. The second kappa shape index (κ2) is 12.7. The van der Waals surface area contributed by atoms with E-state index in [1.807, 2.05) is 0 Å². The maximum Gasteiger partial charge on any atom is 0.413 e. The predicted molar refractivity (Wildman–Crippen MR) is 92.8 cm³/mol. The van der Waals surface area contributed by atoms with Gasteiger partial charge in [0.25, 0.3) is 8.45 Å². The molecule has 0 saturated carbocycles. The Bertz CT molecular complexity index is 770. The van der Waals surface area contributed by atoms with Crippen LogP contribution in [0.2, 0.25) is 0 Å². The number of halogens is 16. The molecule has 0 bridgehead atoms. The van der Waals surface area contributed by atoms with Crippen molar-refractivity contribution in [1.29, 1.82) is 0 Å². The number of nitrogens with zero attached hydrogens (tertiary/aromatic N) is 3. The minimum atomic E-state index is -5.75. The molecule has 0 aromatic carbocycles. The largest absolute Gasteiger partial charge is 0.413 e. The molecule has 2 atom stereocenters. The molecule has 222 valence electrons. The van der Waals surface area contributed by atoms with Gasteiger partial charge in [0, 0.05) is 0 Å². The highest BCUT2D eigenvalue weighted by molar-refractivity contribution is 7.91. The summed E-state index contributed by atoms with van der Waals surface area (Å²) in [6, 6.07) is 0. The molecule has 0 fully saturated rings. The lowest BCUT2D eigenvalue weighted by atomic mass is 10.7. The van der Waals surface area contributed by atoms with Crippen molar-refractivity contribution in [2.24, 2.45) is 4.52 Å². The molecule has 0 amide bonds. The minimum Gasteiger partial charge on any atom is -0.318 e. The fraction of sp³-hybridized carbons (Fsp3) is 1.00. The lowest BCUT2D eigenvalue weighted by Gasteiger charge is -2.44. The summed E-state index contributed by atoms with van der Waals surface area (Å²) in [5.74, 6) is 0. The zero-order valence-corrected chi connectivity index (χ0v) is 20.2. The Morgan fingerprint density at radius 3 is 1.35 bits per heavy atom. The maximum absolute atomic E-state index is 12.8. The molecule has 0 spiro atoms. The van der Waals surface area contributed by atoms with Crippen LogP contribution in [0.4, 0.5) is 65.9 Å². The van der Waals surface area contributed by atoms with Crippen LogP contribution in [0.1, 0.15) is 0 Å². The summed E-state index contributed by atoms with van der Waals surface area (Å²) < 4.78 is 205. The molecule has 1 aliphatic rings. The van der Waals surface area contributed by atoms with E-state index in [0.29, 0.717) is 0 Å². The van der Waals surface area contributed by atoms with Gasteiger partial charge in [0.1, 0.15) is 6.61 Å². The van der Waals surface area contributed by atoms with Gasteiger partial charge in [0.05, 0.1) is 0 Å². The molecule has 0 saturated heterocycles. The van der Waals surface area contributed by atoms with Crippen LogP contribution >= 0.6 is 34.9 Å². The van der Waals surface area contributed by atoms with Gasteiger partial charge in [-0.1, -0.05) is 4.60 Å². The van der Waals surface area contributed by atoms with E-state index in [1.165, 1.54) is 0 Å². The van der Waals surface area contributed by atoms with Gasteiger partial charge in [0.15, 0.2) is 26.4 Å². The number of alkyl halides is 15. The van der Waals surface area contributed by atoms with E-state index in [1.54, 1.807) is 0 Å². The Balaban J connectivity index is 3.70. The molecule has 0 radical (unpaired) electrons. The average Bonchev–Trinajstić information content (AvgIpc) is 2.64. The molecule has 0 aromatic heterocycles. The van der Waals surface area contributed by atoms with Crippen LogP contribution in [0.25, 0.3) is 0 Å².